The third kappa shape index (κ3) is 5.28. The second-order valence-corrected chi connectivity index (χ2v) is 8.02. The normalized spacial score (nSPS) is 18.9. The predicted octanol–water partition coefficient (Wildman–Crippen LogP) is 2.59. The molecular formula is C22H21ClN4O6. The van der Waals surface area contributed by atoms with Gasteiger partial charge in [0.1, 0.15) is 24.1 Å². The monoisotopic (exact) mass is 472 g/mol. The first-order valence-electron chi connectivity index (χ1n) is 10.2. The summed E-state index contributed by atoms with van der Waals surface area (Å²) in [6.45, 7) is 2.63. The molecule has 1 aliphatic carbocycles. The molecule has 0 amide bonds. The van der Waals surface area contributed by atoms with Crippen molar-refractivity contribution in [2.75, 3.05) is 0 Å². The van der Waals surface area contributed by atoms with Crippen LogP contribution in [0.15, 0.2) is 43.0 Å². The summed E-state index contributed by atoms with van der Waals surface area (Å²) in [6, 6.07) is 8.59. The van der Waals surface area contributed by atoms with Gasteiger partial charge in [-0.15, -0.1) is 0 Å². The molecule has 1 aromatic carbocycles. The van der Waals surface area contributed by atoms with Crippen molar-refractivity contribution in [3.63, 3.8) is 0 Å². The molecule has 10 nitrogen and oxygen atoms in total. The Balaban J connectivity index is 1.55. The van der Waals surface area contributed by atoms with Gasteiger partial charge in [-0.2, -0.15) is 0 Å². The average Bonchev–Trinajstić information content (AvgIpc) is 3.41. The molecule has 0 bridgehead atoms. The van der Waals surface area contributed by atoms with Crippen LogP contribution in [0.1, 0.15) is 30.6 Å². The number of benzene rings is 1. The van der Waals surface area contributed by atoms with Crippen LogP contribution in [0.4, 0.5) is 0 Å². The molecule has 0 spiro atoms. The number of halogens is 1. The highest BCUT2D eigenvalue weighted by molar-refractivity contribution is 6.33. The van der Waals surface area contributed by atoms with Crippen LogP contribution >= 0.6 is 11.6 Å². The fourth-order valence-corrected chi connectivity index (χ4v) is 3.86. The standard InChI is InChI=1S/C22H21ClN4O6/c1-12(28)31-17(9-27-11-26-18-20(23)24-10-25-21(18)27)19(32-13(2)29)15-8-16(15)33-22(30)14-6-4-3-5-7-14/h3-7,10-11,15-17,19H,8-9H2,1-2H3/t15?,16?,17-,19?/m1/s1. The third-order valence-corrected chi connectivity index (χ3v) is 5.46. The minimum atomic E-state index is -0.872. The van der Waals surface area contributed by atoms with E-state index in [1.807, 2.05) is 0 Å². The fraction of sp³-hybridized carbons (Fsp3) is 0.364. The van der Waals surface area contributed by atoms with E-state index in [1.54, 1.807) is 34.9 Å². The van der Waals surface area contributed by atoms with E-state index in [0.717, 1.165) is 0 Å². The first-order valence-corrected chi connectivity index (χ1v) is 10.6. The van der Waals surface area contributed by atoms with Crippen molar-refractivity contribution in [2.45, 2.75) is 45.1 Å². The van der Waals surface area contributed by atoms with Gasteiger partial charge in [-0.1, -0.05) is 29.8 Å². The smallest absolute Gasteiger partial charge is 0.338 e. The lowest BCUT2D eigenvalue weighted by molar-refractivity contribution is -0.169. The summed E-state index contributed by atoms with van der Waals surface area (Å²) in [5, 5.41) is 0.189. The molecular weight excluding hydrogens is 452 g/mol. The lowest BCUT2D eigenvalue weighted by Gasteiger charge is -2.27. The molecule has 0 N–H and O–H groups in total. The van der Waals surface area contributed by atoms with E-state index in [2.05, 4.69) is 15.0 Å². The number of aromatic nitrogens is 4. The van der Waals surface area contributed by atoms with Crippen molar-refractivity contribution in [3.05, 3.63) is 53.7 Å². The largest absolute Gasteiger partial charge is 0.458 e. The van der Waals surface area contributed by atoms with E-state index in [4.69, 9.17) is 25.8 Å². The summed E-state index contributed by atoms with van der Waals surface area (Å²) >= 11 is 6.07. The lowest BCUT2D eigenvalue weighted by atomic mass is 10.1. The Labute approximate surface area is 193 Å². The van der Waals surface area contributed by atoms with E-state index in [9.17, 15) is 14.4 Å². The quantitative estimate of drug-likeness (QED) is 0.276. The van der Waals surface area contributed by atoms with Gasteiger partial charge in [0.15, 0.2) is 16.9 Å². The molecule has 172 valence electrons. The molecule has 11 heteroatoms. The number of fused-ring (bicyclic) bond motifs is 1. The summed E-state index contributed by atoms with van der Waals surface area (Å²) in [6.07, 6.45) is 1.07. The number of imidazole rings is 1. The Morgan fingerprint density at radius 1 is 1.09 bits per heavy atom. The van der Waals surface area contributed by atoms with Crippen molar-refractivity contribution in [1.82, 2.24) is 19.5 Å². The van der Waals surface area contributed by atoms with Crippen LogP contribution in [-0.2, 0) is 30.3 Å². The number of hydrogen-bond acceptors (Lipinski definition) is 9. The molecule has 2 heterocycles. The molecule has 4 atom stereocenters. The van der Waals surface area contributed by atoms with Gasteiger partial charge in [-0.05, 0) is 18.6 Å². The molecule has 0 saturated heterocycles. The van der Waals surface area contributed by atoms with Gasteiger partial charge in [0.25, 0.3) is 0 Å². The molecule has 0 aliphatic heterocycles. The van der Waals surface area contributed by atoms with E-state index in [1.165, 1.54) is 26.5 Å². The Hall–Kier alpha value is -3.53. The highest BCUT2D eigenvalue weighted by atomic mass is 35.5. The molecule has 3 aromatic rings. The average molecular weight is 473 g/mol. The first kappa shape index (κ1) is 22.7. The van der Waals surface area contributed by atoms with Gasteiger partial charge in [-0.3, -0.25) is 9.59 Å². The van der Waals surface area contributed by atoms with E-state index < -0.39 is 36.2 Å². The van der Waals surface area contributed by atoms with E-state index >= 15 is 0 Å². The molecule has 1 aliphatic rings. The van der Waals surface area contributed by atoms with Crippen molar-refractivity contribution in [3.8, 4) is 0 Å². The van der Waals surface area contributed by atoms with Gasteiger partial charge in [-0.25, -0.2) is 19.7 Å². The Bertz CT molecular complexity index is 1180. The number of rotatable bonds is 8. The maximum absolute atomic E-state index is 12.4. The van der Waals surface area contributed by atoms with Gasteiger partial charge < -0.3 is 18.8 Å². The molecule has 0 radical (unpaired) electrons. The SMILES string of the molecule is CC(=O)OC(C1CC1OC(=O)c1ccccc1)[C@@H](Cn1cnc2c(Cl)ncnc21)OC(C)=O. The molecule has 4 rings (SSSR count). The maximum Gasteiger partial charge on any atom is 0.338 e. The summed E-state index contributed by atoms with van der Waals surface area (Å²) < 4.78 is 18.3. The van der Waals surface area contributed by atoms with Gasteiger partial charge in [0.05, 0.1) is 18.4 Å². The minimum absolute atomic E-state index is 0.0945. The summed E-state index contributed by atoms with van der Waals surface area (Å²) in [7, 11) is 0. The van der Waals surface area contributed by atoms with Crippen LogP contribution in [0, 0.1) is 5.92 Å². The van der Waals surface area contributed by atoms with Crippen LogP contribution in [0.25, 0.3) is 11.2 Å². The molecule has 2 aromatic heterocycles. The predicted molar refractivity (Wildman–Crippen MR) is 115 cm³/mol. The minimum Gasteiger partial charge on any atom is -0.458 e. The van der Waals surface area contributed by atoms with Crippen LogP contribution in [0.5, 0.6) is 0 Å². The molecule has 1 fully saturated rings. The van der Waals surface area contributed by atoms with E-state index in [0.29, 0.717) is 23.1 Å². The van der Waals surface area contributed by atoms with Crippen LogP contribution in [-0.4, -0.2) is 55.7 Å². The number of nitrogens with zero attached hydrogens (tertiary/aromatic N) is 4. The van der Waals surface area contributed by atoms with Gasteiger partial charge in [0, 0.05) is 19.8 Å². The topological polar surface area (TPSA) is 122 Å². The third-order valence-electron chi connectivity index (χ3n) is 5.19. The molecule has 1 saturated carbocycles. The molecule has 33 heavy (non-hydrogen) atoms. The number of esters is 3. The molecule has 3 unspecified atom stereocenters. The zero-order valence-corrected chi connectivity index (χ0v) is 18.6. The van der Waals surface area contributed by atoms with Crippen LogP contribution < -0.4 is 0 Å². The van der Waals surface area contributed by atoms with Crippen molar-refractivity contribution in [1.29, 1.82) is 0 Å². The fourth-order valence-electron chi connectivity index (χ4n) is 3.68. The second kappa shape index (κ2) is 9.53. The summed E-state index contributed by atoms with van der Waals surface area (Å²) in [5.74, 6) is -1.90. The number of carbonyl (C=O) groups excluding carboxylic acids is 3. The Morgan fingerprint density at radius 3 is 2.52 bits per heavy atom. The van der Waals surface area contributed by atoms with Gasteiger partial charge >= 0.3 is 17.9 Å². The zero-order valence-electron chi connectivity index (χ0n) is 17.9. The number of ether oxygens (including phenoxy) is 3. The van der Waals surface area contributed by atoms with Gasteiger partial charge in [0.2, 0.25) is 0 Å². The van der Waals surface area contributed by atoms with E-state index in [-0.39, 0.29) is 17.6 Å². The highest BCUT2D eigenvalue weighted by Crippen LogP contribution is 2.41. The summed E-state index contributed by atoms with van der Waals surface area (Å²) in [4.78, 5) is 48.4. The second-order valence-electron chi connectivity index (χ2n) is 7.66. The van der Waals surface area contributed by atoms with Crippen molar-refractivity contribution >= 4 is 40.7 Å². The Morgan fingerprint density at radius 2 is 1.82 bits per heavy atom. The number of carbonyl (C=O) groups is 3. The summed E-state index contributed by atoms with van der Waals surface area (Å²) in [5.41, 5.74) is 1.26. The van der Waals surface area contributed by atoms with Crippen molar-refractivity contribution in [2.24, 2.45) is 5.92 Å². The highest BCUT2D eigenvalue weighted by Gasteiger charge is 2.52. The maximum atomic E-state index is 12.4. The van der Waals surface area contributed by atoms with Crippen LogP contribution in [0.3, 0.4) is 0 Å². The first-order chi connectivity index (χ1) is 15.8. The Kier molecular flexibility index (Phi) is 6.55. The van der Waals surface area contributed by atoms with Crippen LogP contribution in [0.2, 0.25) is 5.15 Å². The van der Waals surface area contributed by atoms with Crippen molar-refractivity contribution < 1.29 is 28.6 Å². The lowest BCUT2D eigenvalue weighted by Crippen LogP contribution is -2.40. The number of hydrogen-bond donors (Lipinski definition) is 0. The zero-order chi connectivity index (χ0) is 23.5.